The molecule has 2 atom stereocenters. The molecule has 0 bridgehead atoms. The first-order valence-corrected chi connectivity index (χ1v) is 11.1. The molecule has 0 saturated carbocycles. The van der Waals surface area contributed by atoms with Crippen LogP contribution < -0.4 is 5.32 Å². The minimum Gasteiger partial charge on any atom is -0.355 e. The quantitative estimate of drug-likeness (QED) is 0.807. The van der Waals surface area contributed by atoms with E-state index in [0.29, 0.717) is 37.3 Å². The number of hydrogen-bond acceptors (Lipinski definition) is 4. The predicted molar refractivity (Wildman–Crippen MR) is 107 cm³/mol. The van der Waals surface area contributed by atoms with Crippen LogP contribution in [0.25, 0.3) is 0 Å². The molecule has 0 spiro atoms. The molecule has 9 heteroatoms. The molecule has 158 valence electrons. The zero-order chi connectivity index (χ0) is 21.5. The molecule has 1 amide bonds. The fourth-order valence-corrected chi connectivity index (χ4v) is 5.19. The van der Waals surface area contributed by atoms with Gasteiger partial charge in [-0.15, -0.1) is 4.40 Å². The third-order valence-electron chi connectivity index (χ3n) is 5.49. The zero-order valence-corrected chi connectivity index (χ0v) is 17.1. The van der Waals surface area contributed by atoms with Crippen molar-refractivity contribution in [1.82, 2.24) is 10.2 Å². The second kappa shape index (κ2) is 7.79. The SMILES string of the molecule is C[C@H](NC(=O)[C@@H]1CCCN(C2=NS(=O)(=O)c3ccccc32)C1)c1ccc(F)cc1F. The Morgan fingerprint density at radius 1 is 1.23 bits per heavy atom. The van der Waals surface area contributed by atoms with Crippen molar-refractivity contribution in [1.29, 1.82) is 0 Å². The number of likely N-dealkylation sites (tertiary alicyclic amines) is 1. The Balaban J connectivity index is 1.49. The van der Waals surface area contributed by atoms with Crippen molar-refractivity contribution in [2.45, 2.75) is 30.7 Å². The molecule has 1 fully saturated rings. The van der Waals surface area contributed by atoms with Gasteiger partial charge in [0.05, 0.1) is 12.0 Å². The molecular weight excluding hydrogens is 412 g/mol. The van der Waals surface area contributed by atoms with Gasteiger partial charge < -0.3 is 10.2 Å². The number of piperidine rings is 1. The van der Waals surface area contributed by atoms with E-state index in [1.807, 2.05) is 4.90 Å². The van der Waals surface area contributed by atoms with Gasteiger partial charge in [-0.2, -0.15) is 8.42 Å². The first-order valence-electron chi connectivity index (χ1n) is 9.71. The monoisotopic (exact) mass is 433 g/mol. The van der Waals surface area contributed by atoms with Gasteiger partial charge in [0.1, 0.15) is 16.5 Å². The molecule has 0 aliphatic carbocycles. The number of nitrogens with zero attached hydrogens (tertiary/aromatic N) is 2. The van der Waals surface area contributed by atoms with Crippen molar-refractivity contribution in [2.24, 2.45) is 10.3 Å². The van der Waals surface area contributed by atoms with E-state index in [-0.39, 0.29) is 16.4 Å². The Kier molecular flexibility index (Phi) is 5.31. The molecule has 0 unspecified atom stereocenters. The fourth-order valence-electron chi connectivity index (χ4n) is 3.96. The second-order valence-corrected chi connectivity index (χ2v) is 9.14. The topological polar surface area (TPSA) is 78.8 Å². The minimum absolute atomic E-state index is 0.173. The normalized spacial score (nSPS) is 21.0. The van der Waals surface area contributed by atoms with Crippen LogP contribution >= 0.6 is 0 Å². The van der Waals surface area contributed by atoms with Crippen molar-refractivity contribution >= 4 is 21.8 Å². The molecule has 1 saturated heterocycles. The number of sulfonamides is 1. The highest BCUT2D eigenvalue weighted by Gasteiger charge is 2.35. The van der Waals surface area contributed by atoms with E-state index in [1.165, 1.54) is 12.1 Å². The summed E-state index contributed by atoms with van der Waals surface area (Å²) in [6, 6.07) is 9.27. The van der Waals surface area contributed by atoms with Crippen molar-refractivity contribution in [3.05, 3.63) is 65.2 Å². The van der Waals surface area contributed by atoms with E-state index in [9.17, 15) is 22.0 Å². The standard InChI is InChI=1S/C21H21F2N3O3S/c1-13(16-9-8-15(22)11-18(16)23)24-21(27)14-5-4-10-26(12-14)20-17-6-2-3-7-19(17)30(28,29)25-20/h2-3,6-9,11,13-14H,4-5,10,12H2,1H3,(H,24,27)/t13-,14+/m0/s1. The summed E-state index contributed by atoms with van der Waals surface area (Å²) < 4.78 is 55.7. The number of fused-ring (bicyclic) bond motifs is 1. The first-order chi connectivity index (χ1) is 14.3. The van der Waals surface area contributed by atoms with E-state index >= 15 is 0 Å². The van der Waals surface area contributed by atoms with Crippen LogP contribution in [0.5, 0.6) is 0 Å². The number of amides is 1. The smallest absolute Gasteiger partial charge is 0.285 e. The number of carbonyl (C=O) groups excluding carboxylic acids is 1. The maximum absolute atomic E-state index is 14.0. The van der Waals surface area contributed by atoms with E-state index in [2.05, 4.69) is 9.71 Å². The molecular formula is C21H21F2N3O3S. The number of carbonyl (C=O) groups is 1. The Hall–Kier alpha value is -2.81. The van der Waals surface area contributed by atoms with Crippen molar-refractivity contribution in [3.8, 4) is 0 Å². The van der Waals surface area contributed by atoms with Crippen LogP contribution in [-0.4, -0.2) is 38.2 Å². The Morgan fingerprint density at radius 3 is 2.77 bits per heavy atom. The average Bonchev–Trinajstić information content (AvgIpc) is 2.99. The average molecular weight is 433 g/mol. The number of hydrogen-bond donors (Lipinski definition) is 1. The summed E-state index contributed by atoms with van der Waals surface area (Å²) in [7, 11) is -3.73. The van der Waals surface area contributed by atoms with Gasteiger partial charge in [-0.1, -0.05) is 18.2 Å². The van der Waals surface area contributed by atoms with Gasteiger partial charge in [-0.3, -0.25) is 4.79 Å². The lowest BCUT2D eigenvalue weighted by Gasteiger charge is -2.34. The number of benzene rings is 2. The molecule has 0 aromatic heterocycles. The Labute approximate surface area is 173 Å². The van der Waals surface area contributed by atoms with Crippen molar-refractivity contribution in [3.63, 3.8) is 0 Å². The van der Waals surface area contributed by atoms with Crippen molar-refractivity contribution < 1.29 is 22.0 Å². The van der Waals surface area contributed by atoms with E-state index in [0.717, 1.165) is 12.1 Å². The molecule has 2 aliphatic heterocycles. The van der Waals surface area contributed by atoms with Crippen LogP contribution in [0, 0.1) is 17.6 Å². The van der Waals surface area contributed by atoms with Gasteiger partial charge >= 0.3 is 0 Å². The highest BCUT2D eigenvalue weighted by molar-refractivity contribution is 7.90. The molecule has 2 aromatic rings. The fraction of sp³-hybridized carbons (Fsp3) is 0.333. The highest BCUT2D eigenvalue weighted by atomic mass is 32.2. The van der Waals surface area contributed by atoms with Crippen LogP contribution in [0.1, 0.15) is 36.9 Å². The largest absolute Gasteiger partial charge is 0.355 e. The molecule has 2 aliphatic rings. The summed E-state index contributed by atoms with van der Waals surface area (Å²) >= 11 is 0. The number of amidine groups is 1. The van der Waals surface area contributed by atoms with Crippen LogP contribution in [-0.2, 0) is 14.8 Å². The summed E-state index contributed by atoms with van der Waals surface area (Å²) in [5.74, 6) is -1.69. The third kappa shape index (κ3) is 3.81. The van der Waals surface area contributed by atoms with Gasteiger partial charge in [0.2, 0.25) is 5.91 Å². The van der Waals surface area contributed by atoms with Crippen LogP contribution in [0.2, 0.25) is 0 Å². The van der Waals surface area contributed by atoms with Gasteiger partial charge in [0.25, 0.3) is 10.0 Å². The Morgan fingerprint density at radius 2 is 2.00 bits per heavy atom. The summed E-state index contributed by atoms with van der Waals surface area (Å²) in [5.41, 5.74) is 0.748. The van der Waals surface area contributed by atoms with Gasteiger partial charge in [-0.25, -0.2) is 8.78 Å². The number of nitrogens with one attached hydrogen (secondary N) is 1. The minimum atomic E-state index is -3.73. The third-order valence-corrected chi connectivity index (χ3v) is 6.82. The maximum Gasteiger partial charge on any atom is 0.285 e. The molecule has 30 heavy (non-hydrogen) atoms. The van der Waals surface area contributed by atoms with E-state index in [1.54, 1.807) is 25.1 Å². The van der Waals surface area contributed by atoms with Crippen LogP contribution in [0.3, 0.4) is 0 Å². The summed E-state index contributed by atoms with van der Waals surface area (Å²) in [4.78, 5) is 14.8. The second-order valence-electron chi connectivity index (χ2n) is 7.57. The van der Waals surface area contributed by atoms with Gasteiger partial charge in [0, 0.05) is 30.3 Å². The lowest BCUT2D eigenvalue weighted by atomic mass is 9.95. The number of halogens is 2. The van der Waals surface area contributed by atoms with E-state index in [4.69, 9.17) is 0 Å². The predicted octanol–water partition coefficient (Wildman–Crippen LogP) is 3.00. The van der Waals surface area contributed by atoms with Crippen LogP contribution in [0.4, 0.5) is 8.78 Å². The van der Waals surface area contributed by atoms with Gasteiger partial charge in [0.15, 0.2) is 5.84 Å². The molecule has 6 nitrogen and oxygen atoms in total. The van der Waals surface area contributed by atoms with E-state index < -0.39 is 33.6 Å². The lowest BCUT2D eigenvalue weighted by molar-refractivity contribution is -0.126. The molecule has 1 N–H and O–H groups in total. The van der Waals surface area contributed by atoms with Crippen molar-refractivity contribution in [2.75, 3.05) is 13.1 Å². The molecule has 2 aromatic carbocycles. The molecule has 4 rings (SSSR count). The zero-order valence-electron chi connectivity index (χ0n) is 16.3. The lowest BCUT2D eigenvalue weighted by Crippen LogP contribution is -2.46. The first kappa shape index (κ1) is 20.5. The Bertz CT molecular complexity index is 1130. The highest BCUT2D eigenvalue weighted by Crippen LogP contribution is 2.30. The maximum atomic E-state index is 14.0. The molecule has 2 heterocycles. The summed E-state index contributed by atoms with van der Waals surface area (Å²) in [6.45, 7) is 2.54. The summed E-state index contributed by atoms with van der Waals surface area (Å²) in [5, 5.41) is 2.79. The summed E-state index contributed by atoms with van der Waals surface area (Å²) in [6.07, 6.45) is 1.32. The van der Waals surface area contributed by atoms with Crippen LogP contribution in [0.15, 0.2) is 51.8 Å². The van der Waals surface area contributed by atoms with Gasteiger partial charge in [-0.05, 0) is 38.0 Å². The molecule has 0 radical (unpaired) electrons. The number of rotatable bonds is 3.